The topological polar surface area (TPSA) is 64.9 Å². The van der Waals surface area contributed by atoms with E-state index in [2.05, 4.69) is 74.0 Å². The number of tetrazole rings is 1. The van der Waals surface area contributed by atoms with Crippen LogP contribution < -0.4 is 10.1 Å². The van der Waals surface area contributed by atoms with Crippen LogP contribution >= 0.6 is 27.7 Å². The van der Waals surface area contributed by atoms with E-state index in [0.717, 1.165) is 51.9 Å². The molecule has 0 unspecified atom stereocenters. The quantitative estimate of drug-likeness (QED) is 0.204. The maximum atomic E-state index is 6.13. The molecule has 33 heavy (non-hydrogen) atoms. The summed E-state index contributed by atoms with van der Waals surface area (Å²) in [5.41, 5.74) is 4.52. The summed E-state index contributed by atoms with van der Waals surface area (Å²) in [7, 11) is 0. The van der Waals surface area contributed by atoms with Crippen molar-refractivity contribution in [3.63, 3.8) is 0 Å². The molecule has 0 spiro atoms. The summed E-state index contributed by atoms with van der Waals surface area (Å²) in [6.07, 6.45) is 1.000. The Morgan fingerprint density at radius 1 is 1.03 bits per heavy atom. The molecule has 1 aromatic heterocycles. The molecule has 0 saturated carbocycles. The molecular weight excluding hydrogens is 498 g/mol. The molecule has 170 valence electrons. The third kappa shape index (κ3) is 6.90. The highest BCUT2D eigenvalue weighted by atomic mass is 79.9. The van der Waals surface area contributed by atoms with Crippen molar-refractivity contribution in [2.45, 2.75) is 31.7 Å². The minimum atomic E-state index is 0.559. The van der Waals surface area contributed by atoms with Gasteiger partial charge in [-0.25, -0.2) is 0 Å². The lowest BCUT2D eigenvalue weighted by Crippen LogP contribution is -2.16. The van der Waals surface area contributed by atoms with Crippen LogP contribution in [0.2, 0.25) is 0 Å². The number of benzene rings is 3. The zero-order chi connectivity index (χ0) is 22.9. The van der Waals surface area contributed by atoms with Crippen molar-refractivity contribution in [1.29, 1.82) is 0 Å². The van der Waals surface area contributed by atoms with E-state index in [1.54, 1.807) is 16.4 Å². The van der Waals surface area contributed by atoms with Gasteiger partial charge in [-0.3, -0.25) is 0 Å². The maximum absolute atomic E-state index is 6.13. The monoisotopic (exact) mass is 523 g/mol. The second-order valence-corrected chi connectivity index (χ2v) is 9.60. The molecule has 1 heterocycles. The Kier molecular flexibility index (Phi) is 8.52. The van der Waals surface area contributed by atoms with Gasteiger partial charge in [0.1, 0.15) is 12.4 Å². The fourth-order valence-electron chi connectivity index (χ4n) is 3.37. The van der Waals surface area contributed by atoms with Crippen LogP contribution in [0, 0.1) is 6.92 Å². The lowest BCUT2D eigenvalue weighted by Gasteiger charge is -2.13. The lowest BCUT2D eigenvalue weighted by molar-refractivity contribution is 0.302. The first-order valence-corrected chi connectivity index (χ1v) is 12.6. The van der Waals surface area contributed by atoms with Gasteiger partial charge in [-0.05, 0) is 66.2 Å². The van der Waals surface area contributed by atoms with E-state index in [1.807, 2.05) is 42.5 Å². The molecule has 4 rings (SSSR count). The van der Waals surface area contributed by atoms with Crippen molar-refractivity contribution < 1.29 is 4.74 Å². The standard InChI is InChI=1S/C25H26BrN5OS/c1-19-7-5-8-20(15-19)18-32-24-12-11-22(26)16-21(24)17-27-13-6-14-33-25-28-29-30-31(25)23-9-3-2-4-10-23/h2-5,7-12,15-16,27H,6,13-14,17-18H2,1H3. The molecule has 4 aromatic rings. The lowest BCUT2D eigenvalue weighted by atomic mass is 10.1. The molecule has 0 fully saturated rings. The molecule has 0 radical (unpaired) electrons. The van der Waals surface area contributed by atoms with E-state index in [4.69, 9.17) is 4.74 Å². The van der Waals surface area contributed by atoms with E-state index in [1.165, 1.54) is 11.1 Å². The van der Waals surface area contributed by atoms with Crippen LogP contribution in [0.25, 0.3) is 5.69 Å². The fourth-order valence-corrected chi connectivity index (χ4v) is 4.61. The van der Waals surface area contributed by atoms with Gasteiger partial charge in [0.25, 0.3) is 0 Å². The summed E-state index contributed by atoms with van der Waals surface area (Å²) in [4.78, 5) is 0. The van der Waals surface area contributed by atoms with Crippen molar-refractivity contribution in [3.05, 3.63) is 94.0 Å². The Bertz CT molecular complexity index is 1170. The third-order valence-corrected chi connectivity index (χ3v) is 6.48. The van der Waals surface area contributed by atoms with Crippen LogP contribution in [-0.2, 0) is 13.2 Å². The normalized spacial score (nSPS) is 11.0. The molecule has 0 bridgehead atoms. The summed E-state index contributed by atoms with van der Waals surface area (Å²) in [5.74, 6) is 1.83. The van der Waals surface area contributed by atoms with Crippen molar-refractivity contribution in [2.75, 3.05) is 12.3 Å². The largest absolute Gasteiger partial charge is 0.489 e. The third-order valence-electron chi connectivity index (χ3n) is 4.99. The first kappa shape index (κ1) is 23.5. The number of para-hydroxylation sites is 1. The van der Waals surface area contributed by atoms with Gasteiger partial charge >= 0.3 is 0 Å². The number of halogens is 1. The summed E-state index contributed by atoms with van der Waals surface area (Å²) >= 11 is 5.24. The SMILES string of the molecule is Cc1cccc(COc2ccc(Br)cc2CNCCCSc2nnnn2-c2ccccc2)c1. The Morgan fingerprint density at radius 2 is 1.91 bits per heavy atom. The van der Waals surface area contributed by atoms with Crippen LogP contribution in [0.5, 0.6) is 5.75 Å². The molecule has 0 aliphatic rings. The Labute approximate surface area is 206 Å². The van der Waals surface area contributed by atoms with E-state index in [0.29, 0.717) is 6.61 Å². The van der Waals surface area contributed by atoms with E-state index < -0.39 is 0 Å². The summed E-state index contributed by atoms with van der Waals surface area (Å²) in [6.45, 7) is 4.29. The minimum absolute atomic E-state index is 0.559. The van der Waals surface area contributed by atoms with Gasteiger partial charge in [0, 0.05) is 22.3 Å². The van der Waals surface area contributed by atoms with Crippen molar-refractivity contribution in [1.82, 2.24) is 25.5 Å². The van der Waals surface area contributed by atoms with Gasteiger partial charge in [0.2, 0.25) is 5.16 Å². The number of ether oxygens (including phenoxy) is 1. The van der Waals surface area contributed by atoms with Gasteiger partial charge in [-0.15, -0.1) is 5.10 Å². The van der Waals surface area contributed by atoms with E-state index in [9.17, 15) is 0 Å². The number of thioether (sulfide) groups is 1. The molecule has 0 atom stereocenters. The first-order valence-electron chi connectivity index (χ1n) is 10.8. The smallest absolute Gasteiger partial charge is 0.214 e. The van der Waals surface area contributed by atoms with Gasteiger partial charge in [0.15, 0.2) is 0 Å². The average Bonchev–Trinajstić information content (AvgIpc) is 3.30. The highest BCUT2D eigenvalue weighted by Gasteiger charge is 2.09. The molecule has 1 N–H and O–H groups in total. The van der Waals surface area contributed by atoms with Crippen molar-refractivity contribution in [2.24, 2.45) is 0 Å². The van der Waals surface area contributed by atoms with Gasteiger partial charge in [0.05, 0.1) is 5.69 Å². The summed E-state index contributed by atoms with van der Waals surface area (Å²) < 4.78 is 8.95. The minimum Gasteiger partial charge on any atom is -0.489 e. The zero-order valence-electron chi connectivity index (χ0n) is 18.4. The Morgan fingerprint density at radius 3 is 2.76 bits per heavy atom. The van der Waals surface area contributed by atoms with Crippen LogP contribution in [0.3, 0.4) is 0 Å². The average molecular weight is 524 g/mol. The van der Waals surface area contributed by atoms with E-state index >= 15 is 0 Å². The van der Waals surface area contributed by atoms with Crippen molar-refractivity contribution >= 4 is 27.7 Å². The predicted molar refractivity (Wildman–Crippen MR) is 136 cm³/mol. The predicted octanol–water partition coefficient (Wildman–Crippen LogP) is 5.58. The number of nitrogens with one attached hydrogen (secondary N) is 1. The second kappa shape index (κ2) is 12.0. The Balaban J connectivity index is 1.24. The zero-order valence-corrected chi connectivity index (χ0v) is 20.8. The highest BCUT2D eigenvalue weighted by Crippen LogP contribution is 2.24. The Hall–Kier alpha value is -2.68. The first-order chi connectivity index (χ1) is 16.2. The molecule has 0 saturated heterocycles. The summed E-state index contributed by atoms with van der Waals surface area (Å²) in [6, 6.07) is 24.5. The highest BCUT2D eigenvalue weighted by molar-refractivity contribution is 9.10. The van der Waals surface area contributed by atoms with Crippen LogP contribution in [0.4, 0.5) is 0 Å². The number of rotatable bonds is 11. The van der Waals surface area contributed by atoms with Gasteiger partial charge in [-0.1, -0.05) is 75.7 Å². The number of aromatic nitrogens is 4. The molecular formula is C25H26BrN5OS. The second-order valence-electron chi connectivity index (χ2n) is 7.62. The molecule has 3 aromatic carbocycles. The molecule has 6 nitrogen and oxygen atoms in total. The van der Waals surface area contributed by atoms with Crippen molar-refractivity contribution in [3.8, 4) is 11.4 Å². The van der Waals surface area contributed by atoms with Crippen LogP contribution in [-0.4, -0.2) is 32.5 Å². The number of hydrogen-bond donors (Lipinski definition) is 1. The number of nitrogens with zero attached hydrogens (tertiary/aromatic N) is 4. The number of aryl methyl sites for hydroxylation is 1. The maximum Gasteiger partial charge on any atom is 0.214 e. The number of hydrogen-bond acceptors (Lipinski definition) is 6. The molecule has 0 aliphatic heterocycles. The van der Waals surface area contributed by atoms with Gasteiger partial charge in [-0.2, -0.15) is 4.68 Å². The van der Waals surface area contributed by atoms with Crippen LogP contribution in [0.15, 0.2) is 82.4 Å². The molecule has 0 aliphatic carbocycles. The van der Waals surface area contributed by atoms with E-state index in [-0.39, 0.29) is 0 Å². The summed E-state index contributed by atoms with van der Waals surface area (Å²) in [5, 5.41) is 16.4. The molecule has 0 amide bonds. The van der Waals surface area contributed by atoms with Crippen LogP contribution in [0.1, 0.15) is 23.1 Å². The molecule has 8 heteroatoms. The fraction of sp³-hybridized carbons (Fsp3) is 0.240. The van der Waals surface area contributed by atoms with Gasteiger partial charge < -0.3 is 10.1 Å².